The van der Waals surface area contributed by atoms with Gasteiger partial charge in [0.25, 0.3) is 5.22 Å². The van der Waals surface area contributed by atoms with Crippen molar-refractivity contribution < 1.29 is 9.21 Å². The van der Waals surface area contributed by atoms with Crippen LogP contribution < -0.4 is 0 Å². The smallest absolute Gasteiger partial charge is 0.309 e. The number of thioether (sulfide) groups is 1. The van der Waals surface area contributed by atoms with E-state index in [1.165, 1.54) is 11.8 Å². The topological polar surface area (TPSA) is 56.0 Å². The van der Waals surface area contributed by atoms with Crippen LogP contribution in [-0.4, -0.2) is 20.7 Å². The van der Waals surface area contributed by atoms with Crippen molar-refractivity contribution in [3.8, 4) is 0 Å². The molecule has 12 heavy (non-hydrogen) atoms. The van der Waals surface area contributed by atoms with Crippen LogP contribution in [0.25, 0.3) is 0 Å². The molecule has 66 valence electrons. The number of rotatable bonds is 3. The van der Waals surface area contributed by atoms with E-state index in [0.717, 1.165) is 0 Å². The molecule has 0 aliphatic rings. The maximum absolute atomic E-state index is 10.5. The quantitative estimate of drug-likeness (QED) is 0.559. The van der Waals surface area contributed by atoms with Gasteiger partial charge < -0.3 is 4.42 Å². The van der Waals surface area contributed by atoms with Crippen LogP contribution in [0.2, 0.25) is 0 Å². The molecule has 0 fully saturated rings. The van der Waals surface area contributed by atoms with E-state index in [1.54, 1.807) is 0 Å². The van der Waals surface area contributed by atoms with Gasteiger partial charge in [-0.1, -0.05) is 25.6 Å². The molecule has 0 aliphatic carbocycles. The molecule has 0 saturated carbocycles. The standard InChI is InChI=1S/C6H7ClN2O2S/c1-3(2)12-6-9-8-5(11-6)4(7)10/h3H,1-2H3. The predicted octanol–water partition coefficient (Wildman–Crippen LogP) is 1.95. The van der Waals surface area contributed by atoms with Crippen molar-refractivity contribution >= 4 is 28.6 Å². The second-order valence-electron chi connectivity index (χ2n) is 2.31. The number of carbonyl (C=O) groups is 1. The van der Waals surface area contributed by atoms with Crippen LogP contribution in [0.5, 0.6) is 0 Å². The van der Waals surface area contributed by atoms with Gasteiger partial charge in [0.15, 0.2) is 0 Å². The predicted molar refractivity (Wildman–Crippen MR) is 45.5 cm³/mol. The van der Waals surface area contributed by atoms with Gasteiger partial charge in [0.05, 0.1) is 0 Å². The van der Waals surface area contributed by atoms with E-state index in [4.69, 9.17) is 16.0 Å². The van der Waals surface area contributed by atoms with Crippen LogP contribution in [0.15, 0.2) is 9.64 Å². The van der Waals surface area contributed by atoms with E-state index in [0.29, 0.717) is 10.5 Å². The highest BCUT2D eigenvalue weighted by Crippen LogP contribution is 2.21. The van der Waals surface area contributed by atoms with Gasteiger partial charge in [0.1, 0.15) is 0 Å². The summed E-state index contributed by atoms with van der Waals surface area (Å²) in [5.74, 6) is -0.153. The Labute approximate surface area is 78.7 Å². The highest BCUT2D eigenvalue weighted by atomic mass is 35.5. The Morgan fingerprint density at radius 2 is 2.25 bits per heavy atom. The molecule has 0 amide bonds. The molecule has 0 aliphatic heterocycles. The molecule has 0 atom stereocenters. The summed E-state index contributed by atoms with van der Waals surface area (Å²) in [4.78, 5) is 10.5. The monoisotopic (exact) mass is 206 g/mol. The first-order valence-electron chi connectivity index (χ1n) is 3.29. The molecule has 0 unspecified atom stereocenters. The summed E-state index contributed by atoms with van der Waals surface area (Å²) < 4.78 is 4.92. The lowest BCUT2D eigenvalue weighted by Gasteiger charge is -1.95. The first kappa shape index (κ1) is 9.54. The van der Waals surface area contributed by atoms with Crippen molar-refractivity contribution in [3.63, 3.8) is 0 Å². The number of halogens is 1. The maximum atomic E-state index is 10.5. The van der Waals surface area contributed by atoms with E-state index in [9.17, 15) is 4.79 Å². The summed E-state index contributed by atoms with van der Waals surface area (Å²) in [5.41, 5.74) is 0. The van der Waals surface area contributed by atoms with Crippen molar-refractivity contribution in [3.05, 3.63) is 5.89 Å². The lowest BCUT2D eigenvalue weighted by molar-refractivity contribution is 0.104. The Morgan fingerprint density at radius 1 is 1.58 bits per heavy atom. The molecular formula is C6H7ClN2O2S. The van der Waals surface area contributed by atoms with Gasteiger partial charge >= 0.3 is 11.1 Å². The number of carbonyl (C=O) groups excluding carboxylic acids is 1. The van der Waals surface area contributed by atoms with Crippen molar-refractivity contribution in [1.82, 2.24) is 10.2 Å². The highest BCUT2D eigenvalue weighted by molar-refractivity contribution is 7.99. The molecule has 0 radical (unpaired) electrons. The molecule has 0 aromatic carbocycles. The minimum Gasteiger partial charge on any atom is -0.407 e. The van der Waals surface area contributed by atoms with Gasteiger partial charge in [-0.05, 0) is 11.6 Å². The molecule has 6 heteroatoms. The van der Waals surface area contributed by atoms with Crippen LogP contribution in [0.1, 0.15) is 24.5 Å². The molecule has 1 aromatic heterocycles. The molecule has 0 spiro atoms. The van der Waals surface area contributed by atoms with E-state index >= 15 is 0 Å². The maximum Gasteiger partial charge on any atom is 0.309 e. The SMILES string of the molecule is CC(C)Sc1nnc(C(=O)Cl)o1. The zero-order chi connectivity index (χ0) is 9.14. The van der Waals surface area contributed by atoms with Crippen LogP contribution >= 0.6 is 23.4 Å². The number of nitrogens with zero attached hydrogens (tertiary/aromatic N) is 2. The Balaban J connectivity index is 2.71. The fourth-order valence-corrected chi connectivity index (χ4v) is 1.23. The average molecular weight is 207 g/mol. The van der Waals surface area contributed by atoms with Crippen LogP contribution in [0.4, 0.5) is 0 Å². The summed E-state index contributed by atoms with van der Waals surface area (Å²) in [6.45, 7) is 3.97. The first-order chi connectivity index (χ1) is 5.59. The molecule has 4 nitrogen and oxygen atoms in total. The minimum absolute atomic E-state index is 0.153. The largest absolute Gasteiger partial charge is 0.407 e. The minimum atomic E-state index is -0.724. The third-order valence-electron chi connectivity index (χ3n) is 0.911. The lowest BCUT2D eigenvalue weighted by Crippen LogP contribution is -1.86. The van der Waals surface area contributed by atoms with Crippen molar-refractivity contribution in [2.45, 2.75) is 24.3 Å². The average Bonchev–Trinajstić information content (AvgIpc) is 2.34. The summed E-state index contributed by atoms with van der Waals surface area (Å²) in [5, 5.41) is 7.05. The van der Waals surface area contributed by atoms with Crippen molar-refractivity contribution in [2.24, 2.45) is 0 Å². The Hall–Kier alpha value is -0.550. The molecule has 0 N–H and O–H groups in total. The number of hydrogen-bond acceptors (Lipinski definition) is 5. The van der Waals surface area contributed by atoms with Gasteiger partial charge in [-0.15, -0.1) is 10.2 Å². The third kappa shape index (κ3) is 2.49. The van der Waals surface area contributed by atoms with Crippen molar-refractivity contribution in [1.29, 1.82) is 0 Å². The van der Waals surface area contributed by atoms with E-state index in [1.807, 2.05) is 13.8 Å². The molecule has 0 bridgehead atoms. The summed E-state index contributed by atoms with van der Waals surface area (Å²) >= 11 is 6.49. The fraction of sp³-hybridized carbons (Fsp3) is 0.500. The van der Waals surface area contributed by atoms with Gasteiger partial charge in [0.2, 0.25) is 0 Å². The zero-order valence-corrected chi connectivity index (χ0v) is 8.15. The summed E-state index contributed by atoms with van der Waals surface area (Å²) in [6.07, 6.45) is 0. The normalized spacial score (nSPS) is 10.7. The van der Waals surface area contributed by atoms with E-state index in [2.05, 4.69) is 10.2 Å². The van der Waals surface area contributed by atoms with E-state index < -0.39 is 5.24 Å². The van der Waals surface area contributed by atoms with Gasteiger partial charge in [0, 0.05) is 5.25 Å². The van der Waals surface area contributed by atoms with Crippen LogP contribution in [-0.2, 0) is 0 Å². The van der Waals surface area contributed by atoms with Crippen molar-refractivity contribution in [2.75, 3.05) is 0 Å². The Morgan fingerprint density at radius 3 is 2.67 bits per heavy atom. The summed E-state index contributed by atoms with van der Waals surface area (Å²) in [7, 11) is 0. The lowest BCUT2D eigenvalue weighted by atomic mass is 10.6. The Bertz CT molecular complexity index is 287. The number of aromatic nitrogens is 2. The van der Waals surface area contributed by atoms with Gasteiger partial charge in [-0.25, -0.2) is 0 Å². The fourth-order valence-electron chi connectivity index (χ4n) is 0.538. The molecule has 1 aromatic rings. The third-order valence-corrected chi connectivity index (χ3v) is 1.91. The molecule has 0 saturated heterocycles. The van der Waals surface area contributed by atoms with E-state index in [-0.39, 0.29) is 5.89 Å². The first-order valence-corrected chi connectivity index (χ1v) is 4.55. The number of hydrogen-bond donors (Lipinski definition) is 0. The molecule has 1 heterocycles. The van der Waals surface area contributed by atoms with Gasteiger partial charge in [-0.2, -0.15) is 0 Å². The zero-order valence-electron chi connectivity index (χ0n) is 6.57. The van der Waals surface area contributed by atoms with Crippen LogP contribution in [0.3, 0.4) is 0 Å². The van der Waals surface area contributed by atoms with Crippen LogP contribution in [0, 0.1) is 0 Å². The Kier molecular flexibility index (Phi) is 3.11. The molecular weight excluding hydrogens is 200 g/mol. The summed E-state index contributed by atoms with van der Waals surface area (Å²) in [6, 6.07) is 0. The van der Waals surface area contributed by atoms with Gasteiger partial charge in [-0.3, -0.25) is 4.79 Å². The second-order valence-corrected chi connectivity index (χ2v) is 4.18. The second kappa shape index (κ2) is 3.91. The highest BCUT2D eigenvalue weighted by Gasteiger charge is 2.12. The molecule has 1 rings (SSSR count).